The maximum atomic E-state index is 10.8. The van der Waals surface area contributed by atoms with Crippen LogP contribution in [0.5, 0.6) is 0 Å². The van der Waals surface area contributed by atoms with E-state index in [1.807, 2.05) is 12.3 Å². The normalized spacial score (nSPS) is 10.7. The molecule has 1 aromatic carbocycles. The topological polar surface area (TPSA) is 43.1 Å². The maximum Gasteiger partial charge on any atom is 0.296 e. The number of fused-ring (bicyclic) bond motifs is 1. The first-order valence-electron chi connectivity index (χ1n) is 3.92. The van der Waals surface area contributed by atoms with E-state index < -0.39 is 4.92 Å². The summed E-state index contributed by atoms with van der Waals surface area (Å²) in [7, 11) is 0. The Kier molecular flexibility index (Phi) is 2.17. The number of hydrogen-bond donors (Lipinski definition) is 0. The second-order valence-electron chi connectivity index (χ2n) is 2.94. The lowest BCUT2D eigenvalue weighted by Crippen LogP contribution is -1.90. The molecule has 1 aromatic heterocycles. The molecule has 0 fully saturated rings. The Morgan fingerprint density at radius 1 is 1.57 bits per heavy atom. The highest BCUT2D eigenvalue weighted by molar-refractivity contribution is 7.17. The van der Waals surface area contributed by atoms with Crippen LogP contribution in [0.1, 0.15) is 5.56 Å². The zero-order valence-corrected chi connectivity index (χ0v) is 8.85. The molecule has 14 heavy (non-hydrogen) atoms. The predicted octanol–water partition coefficient (Wildman–Crippen LogP) is 3.77. The van der Waals surface area contributed by atoms with Gasteiger partial charge in [-0.1, -0.05) is 11.6 Å². The summed E-state index contributed by atoms with van der Waals surface area (Å²) in [6.07, 6.45) is 0. The second kappa shape index (κ2) is 3.22. The van der Waals surface area contributed by atoms with E-state index in [1.165, 1.54) is 11.3 Å². The van der Waals surface area contributed by atoms with Crippen LogP contribution >= 0.6 is 22.9 Å². The van der Waals surface area contributed by atoms with Crippen molar-refractivity contribution >= 4 is 38.7 Å². The van der Waals surface area contributed by atoms with Crippen LogP contribution in [-0.2, 0) is 0 Å². The summed E-state index contributed by atoms with van der Waals surface area (Å²) in [6, 6.07) is 3.37. The molecule has 2 aromatic rings. The number of benzene rings is 1. The molecule has 72 valence electrons. The second-order valence-corrected chi connectivity index (χ2v) is 4.27. The van der Waals surface area contributed by atoms with Gasteiger partial charge in [-0.15, -0.1) is 11.3 Å². The van der Waals surface area contributed by atoms with Gasteiger partial charge in [0.1, 0.15) is 5.02 Å². The molecule has 0 saturated carbocycles. The molecule has 0 spiro atoms. The fourth-order valence-electron chi connectivity index (χ4n) is 1.44. The number of nitro groups is 1. The Morgan fingerprint density at radius 3 is 2.93 bits per heavy atom. The standard InChI is InChI=1S/C9H6ClNO2S/c1-5-4-7(10)8(11(12)13)6-2-3-14-9(5)6/h2-4H,1H3. The summed E-state index contributed by atoms with van der Waals surface area (Å²) in [5.41, 5.74) is 0.985. The van der Waals surface area contributed by atoms with Crippen molar-refractivity contribution in [2.75, 3.05) is 0 Å². The molecule has 0 aliphatic heterocycles. The van der Waals surface area contributed by atoms with Crippen molar-refractivity contribution in [2.24, 2.45) is 0 Å². The first-order valence-corrected chi connectivity index (χ1v) is 5.17. The summed E-state index contributed by atoms with van der Waals surface area (Å²) >= 11 is 7.31. The van der Waals surface area contributed by atoms with Gasteiger partial charge in [-0.3, -0.25) is 10.1 Å². The van der Waals surface area contributed by atoms with E-state index in [0.717, 1.165) is 10.3 Å². The summed E-state index contributed by atoms with van der Waals surface area (Å²) in [4.78, 5) is 10.3. The zero-order chi connectivity index (χ0) is 10.3. The molecule has 0 atom stereocenters. The monoisotopic (exact) mass is 227 g/mol. The van der Waals surface area contributed by atoms with Crippen molar-refractivity contribution in [1.82, 2.24) is 0 Å². The van der Waals surface area contributed by atoms with Gasteiger partial charge in [0.2, 0.25) is 0 Å². The van der Waals surface area contributed by atoms with Gasteiger partial charge < -0.3 is 0 Å². The third kappa shape index (κ3) is 1.27. The summed E-state index contributed by atoms with van der Waals surface area (Å²) in [5.74, 6) is 0. The minimum Gasteiger partial charge on any atom is -0.258 e. The van der Waals surface area contributed by atoms with Gasteiger partial charge in [0.25, 0.3) is 5.69 Å². The molecule has 1 heterocycles. The van der Waals surface area contributed by atoms with E-state index in [4.69, 9.17) is 11.6 Å². The number of nitrogens with zero attached hydrogens (tertiary/aromatic N) is 1. The number of aryl methyl sites for hydroxylation is 1. The van der Waals surface area contributed by atoms with Crippen molar-refractivity contribution in [3.8, 4) is 0 Å². The first kappa shape index (κ1) is 9.43. The Labute approximate surface area is 89.1 Å². The lowest BCUT2D eigenvalue weighted by Gasteiger charge is -1.99. The van der Waals surface area contributed by atoms with Gasteiger partial charge in [0.05, 0.1) is 10.3 Å². The van der Waals surface area contributed by atoms with Crippen LogP contribution in [0.15, 0.2) is 17.5 Å². The van der Waals surface area contributed by atoms with Gasteiger partial charge in [-0.25, -0.2) is 0 Å². The van der Waals surface area contributed by atoms with Crippen molar-refractivity contribution < 1.29 is 4.92 Å². The Balaban J connectivity index is 2.93. The van der Waals surface area contributed by atoms with E-state index in [1.54, 1.807) is 12.1 Å². The van der Waals surface area contributed by atoms with Crippen molar-refractivity contribution in [3.63, 3.8) is 0 Å². The summed E-state index contributed by atoms with van der Waals surface area (Å²) in [6.45, 7) is 1.90. The number of hydrogen-bond acceptors (Lipinski definition) is 3. The van der Waals surface area contributed by atoms with E-state index >= 15 is 0 Å². The molecule has 5 heteroatoms. The van der Waals surface area contributed by atoms with Crippen molar-refractivity contribution in [3.05, 3.63) is 38.2 Å². The maximum absolute atomic E-state index is 10.8. The quantitative estimate of drug-likeness (QED) is 0.550. The van der Waals surface area contributed by atoms with Crippen LogP contribution in [0, 0.1) is 17.0 Å². The van der Waals surface area contributed by atoms with Crippen LogP contribution in [0.25, 0.3) is 10.1 Å². The summed E-state index contributed by atoms with van der Waals surface area (Å²) < 4.78 is 0.932. The predicted molar refractivity (Wildman–Crippen MR) is 58.2 cm³/mol. The molecular formula is C9H6ClNO2S. The van der Waals surface area contributed by atoms with Crippen LogP contribution in [0.3, 0.4) is 0 Å². The molecule has 0 aliphatic rings. The highest BCUT2D eigenvalue weighted by Crippen LogP contribution is 2.37. The van der Waals surface area contributed by atoms with Crippen LogP contribution < -0.4 is 0 Å². The molecule has 3 nitrogen and oxygen atoms in total. The lowest BCUT2D eigenvalue weighted by atomic mass is 10.1. The van der Waals surface area contributed by atoms with Crippen molar-refractivity contribution in [1.29, 1.82) is 0 Å². The zero-order valence-electron chi connectivity index (χ0n) is 7.28. The van der Waals surface area contributed by atoms with E-state index in [-0.39, 0.29) is 10.7 Å². The minimum absolute atomic E-state index is 0.00789. The van der Waals surface area contributed by atoms with Gasteiger partial charge in [0, 0.05) is 4.70 Å². The van der Waals surface area contributed by atoms with Crippen LogP contribution in [0.4, 0.5) is 5.69 Å². The number of rotatable bonds is 1. The van der Waals surface area contributed by atoms with Gasteiger partial charge in [-0.2, -0.15) is 0 Å². The Hall–Kier alpha value is -1.13. The molecule has 0 bridgehead atoms. The fraction of sp³-hybridized carbons (Fsp3) is 0.111. The molecule has 0 radical (unpaired) electrons. The minimum atomic E-state index is -0.434. The molecule has 0 unspecified atom stereocenters. The van der Waals surface area contributed by atoms with Crippen molar-refractivity contribution in [2.45, 2.75) is 6.92 Å². The van der Waals surface area contributed by atoms with Crippen LogP contribution in [0.2, 0.25) is 5.02 Å². The third-order valence-corrected chi connectivity index (χ3v) is 3.37. The van der Waals surface area contributed by atoms with Gasteiger partial charge in [-0.05, 0) is 30.0 Å². The highest BCUT2D eigenvalue weighted by atomic mass is 35.5. The first-order chi connectivity index (χ1) is 6.61. The number of nitro benzene ring substituents is 1. The molecule has 0 aliphatic carbocycles. The molecule has 0 saturated heterocycles. The molecular weight excluding hydrogens is 222 g/mol. The number of halogens is 1. The SMILES string of the molecule is Cc1cc(Cl)c([N+](=O)[O-])c2ccsc12. The van der Waals surface area contributed by atoms with E-state index in [9.17, 15) is 10.1 Å². The third-order valence-electron chi connectivity index (χ3n) is 2.03. The molecule has 0 N–H and O–H groups in total. The average molecular weight is 228 g/mol. The lowest BCUT2D eigenvalue weighted by molar-refractivity contribution is -0.382. The van der Waals surface area contributed by atoms with Gasteiger partial charge in [0.15, 0.2) is 0 Å². The smallest absolute Gasteiger partial charge is 0.258 e. The van der Waals surface area contributed by atoms with E-state index in [2.05, 4.69) is 0 Å². The average Bonchev–Trinajstić information content (AvgIpc) is 2.51. The van der Waals surface area contributed by atoms with Gasteiger partial charge >= 0.3 is 0 Å². The number of thiophene rings is 1. The largest absolute Gasteiger partial charge is 0.296 e. The molecule has 2 rings (SSSR count). The molecule has 0 amide bonds. The summed E-state index contributed by atoms with van der Waals surface area (Å²) in [5, 5.41) is 13.4. The fourth-order valence-corrected chi connectivity index (χ4v) is 2.65. The van der Waals surface area contributed by atoms with E-state index in [0.29, 0.717) is 5.39 Å². The Morgan fingerprint density at radius 2 is 2.29 bits per heavy atom. The highest BCUT2D eigenvalue weighted by Gasteiger charge is 2.19. The Bertz CT molecular complexity index is 521. The van der Waals surface area contributed by atoms with Crippen LogP contribution in [-0.4, -0.2) is 4.92 Å².